The smallest absolute Gasteiger partial charge is 0.357 e. The molecule has 3 heterocycles. The van der Waals surface area contributed by atoms with Crippen molar-refractivity contribution in [3.8, 4) is 22.9 Å². The number of fused-ring (bicyclic) bond motifs is 4. The van der Waals surface area contributed by atoms with Crippen molar-refractivity contribution in [2.75, 3.05) is 0 Å². The molecule has 0 saturated heterocycles. The van der Waals surface area contributed by atoms with Gasteiger partial charge in [0.15, 0.2) is 11.2 Å². The number of H-pyrrole nitrogens is 1. The number of benzene rings is 2. The van der Waals surface area contributed by atoms with Gasteiger partial charge < -0.3 is 13.7 Å². The first-order valence-corrected chi connectivity index (χ1v) is 15.1. The fourth-order valence-electron chi connectivity index (χ4n) is 6.26. The van der Waals surface area contributed by atoms with Crippen molar-refractivity contribution in [1.82, 2.24) is 14.5 Å². The minimum absolute atomic E-state index is 0.0895. The fraction of sp³-hybridized carbons (Fsp3) is 0.323. The summed E-state index contributed by atoms with van der Waals surface area (Å²) in [5.74, 6) is 0.0243. The molecule has 3 aromatic heterocycles. The summed E-state index contributed by atoms with van der Waals surface area (Å²) < 4.78 is 42.3. The second-order valence-corrected chi connectivity index (χ2v) is 12.2. The van der Waals surface area contributed by atoms with Crippen LogP contribution in [0.1, 0.15) is 63.1 Å². The molecule has 6 rings (SSSR count). The summed E-state index contributed by atoms with van der Waals surface area (Å²) in [7, 11) is -5.22. The average molecular weight is 573 g/mol. The van der Waals surface area contributed by atoms with Gasteiger partial charge >= 0.3 is 10.5 Å². The van der Waals surface area contributed by atoms with Crippen LogP contribution >= 0.6 is 0 Å². The Labute approximate surface area is 236 Å². The molecule has 0 atom stereocenters. The van der Waals surface area contributed by atoms with Crippen LogP contribution in [0, 0.1) is 17.2 Å². The predicted molar refractivity (Wildman–Crippen MR) is 157 cm³/mol. The summed E-state index contributed by atoms with van der Waals surface area (Å²) in [4.78, 5) is 21.8. The molecule has 1 saturated carbocycles. The van der Waals surface area contributed by atoms with Gasteiger partial charge in [0.25, 0.3) is 0 Å². The summed E-state index contributed by atoms with van der Waals surface area (Å²) >= 11 is 0. The number of hydrogen-bond donors (Lipinski definition) is 1. The van der Waals surface area contributed by atoms with Crippen molar-refractivity contribution in [3.63, 3.8) is 0 Å². The van der Waals surface area contributed by atoms with Gasteiger partial charge in [-0.25, -0.2) is 0 Å². The minimum atomic E-state index is -5.22. The molecule has 1 fully saturated rings. The molecule has 0 amide bonds. The summed E-state index contributed by atoms with van der Waals surface area (Å²) in [6.45, 7) is 4.16. The quantitative estimate of drug-likeness (QED) is 0.222. The largest absolute Gasteiger partial charge is 0.488 e. The summed E-state index contributed by atoms with van der Waals surface area (Å²) in [6, 6.07) is 13.0. The molecule has 10 heteroatoms. The molecule has 0 radical (unpaired) electrons. The highest BCUT2D eigenvalue weighted by Crippen LogP contribution is 2.38. The lowest BCUT2D eigenvalue weighted by Crippen LogP contribution is -2.19. The molecule has 0 unspecified atom stereocenters. The Kier molecular flexibility index (Phi) is 6.78. The Morgan fingerprint density at radius 1 is 1.12 bits per heavy atom. The third kappa shape index (κ3) is 5.06. The fourth-order valence-corrected chi connectivity index (χ4v) is 6.58. The van der Waals surface area contributed by atoms with Crippen molar-refractivity contribution in [3.05, 3.63) is 70.1 Å². The van der Waals surface area contributed by atoms with Gasteiger partial charge in [0.1, 0.15) is 5.65 Å². The van der Waals surface area contributed by atoms with Crippen LogP contribution in [0.15, 0.2) is 53.6 Å². The number of rotatable bonds is 6. The number of aromatic nitrogens is 3. The van der Waals surface area contributed by atoms with Crippen LogP contribution < -0.4 is 9.61 Å². The lowest BCUT2D eigenvalue weighted by Gasteiger charge is -2.28. The van der Waals surface area contributed by atoms with Gasteiger partial charge in [0, 0.05) is 34.1 Å². The van der Waals surface area contributed by atoms with E-state index < -0.39 is 10.5 Å². The van der Waals surface area contributed by atoms with Crippen molar-refractivity contribution in [2.24, 2.45) is 5.92 Å². The van der Waals surface area contributed by atoms with Crippen LogP contribution in [0.5, 0.6) is 5.75 Å². The molecule has 2 aromatic carbocycles. The van der Waals surface area contributed by atoms with Crippen molar-refractivity contribution in [1.29, 1.82) is 5.26 Å². The van der Waals surface area contributed by atoms with Gasteiger partial charge in [-0.2, -0.15) is 13.7 Å². The van der Waals surface area contributed by atoms with Crippen LogP contribution in [-0.2, 0) is 16.9 Å². The van der Waals surface area contributed by atoms with E-state index >= 15 is 0 Å². The molecular weight excluding hydrogens is 543 g/mol. The van der Waals surface area contributed by atoms with Gasteiger partial charge in [-0.05, 0) is 66.6 Å². The van der Waals surface area contributed by atoms with Crippen LogP contribution in [0.4, 0.5) is 3.89 Å². The van der Waals surface area contributed by atoms with Gasteiger partial charge in [0.05, 0.1) is 28.7 Å². The highest BCUT2D eigenvalue weighted by Gasteiger charge is 2.25. The van der Waals surface area contributed by atoms with Crippen LogP contribution in [0.2, 0.25) is 0 Å². The SMILES string of the molecule is CC(C)Cc1cc2c(=O)c3c4ccc(C#N)cc4[nH]c3n(C3CCCCC3)c2cc1-c1cncc(OS(=O)(=O)F)c1. The van der Waals surface area contributed by atoms with Crippen LogP contribution in [-0.4, -0.2) is 23.0 Å². The molecule has 0 aliphatic heterocycles. The lowest BCUT2D eigenvalue weighted by molar-refractivity contribution is 0.365. The molecule has 41 heavy (non-hydrogen) atoms. The monoisotopic (exact) mass is 572 g/mol. The standard InChI is InChI=1S/C31H29FN4O4S/c1-18(2)10-20-13-26-28(14-25(20)21-12-23(17-34-16-21)40-41(32,38)39)36(22-6-4-3-5-7-22)31-29(30(26)37)24-9-8-19(15-33)11-27(24)35-31/h8-9,11-14,16-18,22,35H,3-7,10H2,1-2H3. The van der Waals surface area contributed by atoms with Crippen molar-refractivity contribution >= 4 is 43.3 Å². The molecule has 1 N–H and O–H groups in total. The molecule has 1 aliphatic carbocycles. The first-order chi connectivity index (χ1) is 19.6. The maximum absolute atomic E-state index is 14.2. The number of nitrogens with zero attached hydrogens (tertiary/aromatic N) is 3. The zero-order chi connectivity index (χ0) is 28.9. The highest BCUT2D eigenvalue weighted by atomic mass is 32.3. The first-order valence-electron chi connectivity index (χ1n) is 13.8. The molecule has 0 spiro atoms. The molecule has 1 aliphatic rings. The second kappa shape index (κ2) is 10.3. The summed E-state index contributed by atoms with van der Waals surface area (Å²) in [6.07, 6.45) is 8.63. The second-order valence-electron chi connectivity index (χ2n) is 11.2. The van der Waals surface area contributed by atoms with Gasteiger partial charge in [-0.3, -0.25) is 9.78 Å². The topological polar surface area (TPSA) is 118 Å². The van der Waals surface area contributed by atoms with Crippen molar-refractivity contribution < 1.29 is 16.5 Å². The number of aromatic amines is 1. The highest BCUT2D eigenvalue weighted by molar-refractivity contribution is 7.81. The Bertz CT molecular complexity index is 2030. The van der Waals surface area contributed by atoms with E-state index in [4.69, 9.17) is 0 Å². The third-order valence-corrected chi connectivity index (χ3v) is 8.28. The molecule has 210 valence electrons. The number of hydrogen-bond acceptors (Lipinski definition) is 6. The van der Waals surface area contributed by atoms with E-state index in [0.717, 1.165) is 71.5 Å². The van der Waals surface area contributed by atoms with E-state index in [9.17, 15) is 22.4 Å². The van der Waals surface area contributed by atoms with Crippen molar-refractivity contribution in [2.45, 2.75) is 58.4 Å². The zero-order valence-corrected chi connectivity index (χ0v) is 23.6. The number of nitriles is 1. The molecule has 8 nitrogen and oxygen atoms in total. The minimum Gasteiger partial charge on any atom is -0.357 e. The average Bonchev–Trinajstić information content (AvgIpc) is 3.31. The van der Waals surface area contributed by atoms with Gasteiger partial charge in [-0.15, -0.1) is 0 Å². The predicted octanol–water partition coefficient (Wildman–Crippen LogP) is 6.87. The summed E-state index contributed by atoms with van der Waals surface area (Å²) in [5.41, 5.74) is 4.86. The van der Waals surface area contributed by atoms with E-state index in [1.165, 1.54) is 6.07 Å². The molecular formula is C31H29FN4O4S. The number of pyridine rings is 2. The Balaban J connectivity index is 1.70. The maximum atomic E-state index is 14.2. The molecule has 0 bridgehead atoms. The zero-order valence-electron chi connectivity index (χ0n) is 22.8. The maximum Gasteiger partial charge on any atom is 0.488 e. The van der Waals surface area contributed by atoms with Gasteiger partial charge in [0.2, 0.25) is 0 Å². The molecule has 5 aromatic rings. The van der Waals surface area contributed by atoms with E-state index in [0.29, 0.717) is 28.3 Å². The number of nitrogens with one attached hydrogen (secondary N) is 1. The van der Waals surface area contributed by atoms with E-state index in [2.05, 4.69) is 38.6 Å². The van der Waals surface area contributed by atoms with E-state index in [1.54, 1.807) is 18.3 Å². The summed E-state index contributed by atoms with van der Waals surface area (Å²) in [5, 5.41) is 11.5. The lowest BCUT2D eigenvalue weighted by atomic mass is 9.90. The van der Waals surface area contributed by atoms with E-state index in [1.807, 2.05) is 18.2 Å². The van der Waals surface area contributed by atoms with Crippen LogP contribution in [0.25, 0.3) is 44.0 Å². The first kappa shape index (κ1) is 27.0. The normalized spacial score (nSPS) is 14.7. The van der Waals surface area contributed by atoms with Crippen LogP contribution in [0.3, 0.4) is 0 Å². The van der Waals surface area contributed by atoms with E-state index in [-0.39, 0.29) is 23.1 Å². The van der Waals surface area contributed by atoms with Gasteiger partial charge in [-0.1, -0.05) is 43.1 Å². The number of halogens is 1. The Hall–Kier alpha value is -4.23. The Morgan fingerprint density at radius 2 is 1.90 bits per heavy atom. The Morgan fingerprint density at radius 3 is 2.61 bits per heavy atom. The third-order valence-electron chi connectivity index (χ3n) is 7.89.